The summed E-state index contributed by atoms with van der Waals surface area (Å²) in [5, 5.41) is 0. The molecular formula is C13H19BrN2O2. The number of rotatable bonds is 5. The van der Waals surface area contributed by atoms with E-state index in [1.807, 2.05) is 6.07 Å². The normalized spacial score (nSPS) is 16.8. The molecule has 1 aromatic rings. The van der Waals surface area contributed by atoms with Crippen LogP contribution in [0.25, 0.3) is 0 Å². The van der Waals surface area contributed by atoms with Crippen molar-refractivity contribution in [3.05, 3.63) is 16.5 Å². The lowest BCUT2D eigenvalue weighted by Crippen LogP contribution is -2.21. The maximum atomic E-state index is 5.78. The molecule has 1 aliphatic rings. The van der Waals surface area contributed by atoms with Gasteiger partial charge in [-0.1, -0.05) is 6.92 Å². The smallest absolute Gasteiger partial charge is 0.217 e. The van der Waals surface area contributed by atoms with Gasteiger partial charge in [0.2, 0.25) is 5.88 Å². The Bertz CT molecular complexity index is 381. The first kappa shape index (κ1) is 13.7. The zero-order chi connectivity index (χ0) is 12.8. The highest BCUT2D eigenvalue weighted by atomic mass is 79.9. The Morgan fingerprint density at radius 1 is 1.39 bits per heavy atom. The molecule has 2 heterocycles. The van der Waals surface area contributed by atoms with E-state index in [1.165, 1.54) is 0 Å². The molecule has 0 N–H and O–H groups in total. The van der Waals surface area contributed by atoms with Gasteiger partial charge in [-0.25, -0.2) is 4.98 Å². The van der Waals surface area contributed by atoms with Gasteiger partial charge >= 0.3 is 0 Å². The maximum Gasteiger partial charge on any atom is 0.217 e. The second-order valence-electron chi connectivity index (χ2n) is 4.56. The zero-order valence-corrected chi connectivity index (χ0v) is 12.3. The molecule has 0 radical (unpaired) electrons. The first-order valence-corrected chi connectivity index (χ1v) is 7.31. The van der Waals surface area contributed by atoms with Gasteiger partial charge in [-0.2, -0.15) is 4.98 Å². The number of hydrogen-bond donors (Lipinski definition) is 0. The molecule has 0 unspecified atom stereocenters. The lowest BCUT2D eigenvalue weighted by atomic mass is 10.0. The quantitative estimate of drug-likeness (QED) is 0.784. The minimum atomic E-state index is 0.585. The van der Waals surface area contributed by atoms with E-state index >= 15 is 0 Å². The van der Waals surface area contributed by atoms with Gasteiger partial charge < -0.3 is 9.47 Å². The molecule has 0 aliphatic carbocycles. The third kappa shape index (κ3) is 4.21. The van der Waals surface area contributed by atoms with Gasteiger partial charge in [0.15, 0.2) is 0 Å². The van der Waals surface area contributed by atoms with Crippen LogP contribution in [0.1, 0.15) is 32.0 Å². The van der Waals surface area contributed by atoms with Crippen LogP contribution < -0.4 is 4.74 Å². The second-order valence-corrected chi connectivity index (χ2v) is 5.37. The monoisotopic (exact) mass is 314 g/mol. The number of halogens is 1. The molecule has 0 aromatic carbocycles. The Balaban J connectivity index is 1.91. The summed E-state index contributed by atoms with van der Waals surface area (Å²) in [7, 11) is 0. The van der Waals surface area contributed by atoms with Gasteiger partial charge in [-0.15, -0.1) is 0 Å². The first-order chi connectivity index (χ1) is 8.78. The third-order valence-corrected chi connectivity index (χ3v) is 3.41. The van der Waals surface area contributed by atoms with Crippen molar-refractivity contribution in [3.8, 4) is 5.88 Å². The topological polar surface area (TPSA) is 44.2 Å². The van der Waals surface area contributed by atoms with Crippen molar-refractivity contribution in [3.63, 3.8) is 0 Å². The Morgan fingerprint density at radius 3 is 2.89 bits per heavy atom. The minimum Gasteiger partial charge on any atom is -0.477 e. The molecule has 5 heteroatoms. The van der Waals surface area contributed by atoms with Crippen molar-refractivity contribution in [2.45, 2.75) is 32.6 Å². The predicted molar refractivity (Wildman–Crippen MR) is 72.8 cm³/mol. The van der Waals surface area contributed by atoms with E-state index in [0.29, 0.717) is 11.8 Å². The molecule has 0 saturated carbocycles. The highest BCUT2D eigenvalue weighted by molar-refractivity contribution is 9.10. The van der Waals surface area contributed by atoms with E-state index in [4.69, 9.17) is 9.47 Å². The van der Waals surface area contributed by atoms with Crippen molar-refractivity contribution in [1.29, 1.82) is 0 Å². The summed E-state index contributed by atoms with van der Waals surface area (Å²) in [5.41, 5.74) is 0. The van der Waals surface area contributed by atoms with Crippen LogP contribution in [0.3, 0.4) is 0 Å². The van der Waals surface area contributed by atoms with Crippen LogP contribution in [-0.4, -0.2) is 29.8 Å². The lowest BCUT2D eigenvalue weighted by molar-refractivity contribution is 0.0489. The van der Waals surface area contributed by atoms with Crippen LogP contribution in [-0.2, 0) is 11.2 Å². The minimum absolute atomic E-state index is 0.585. The van der Waals surface area contributed by atoms with E-state index in [2.05, 4.69) is 32.8 Å². The van der Waals surface area contributed by atoms with Crippen LogP contribution in [0.5, 0.6) is 5.88 Å². The fraction of sp³-hybridized carbons (Fsp3) is 0.692. The summed E-state index contributed by atoms with van der Waals surface area (Å²) in [4.78, 5) is 8.74. The predicted octanol–water partition coefficient (Wildman–Crippen LogP) is 3.00. The van der Waals surface area contributed by atoms with Crippen molar-refractivity contribution in [2.75, 3.05) is 19.8 Å². The number of nitrogens with zero attached hydrogens (tertiary/aromatic N) is 2. The van der Waals surface area contributed by atoms with E-state index in [0.717, 1.165) is 55.9 Å². The van der Waals surface area contributed by atoms with E-state index in [9.17, 15) is 0 Å². The SMILES string of the molecule is CCCc1nc(Br)cc(OCC2CCOCC2)n1. The van der Waals surface area contributed by atoms with Crippen molar-refractivity contribution in [1.82, 2.24) is 9.97 Å². The van der Waals surface area contributed by atoms with E-state index < -0.39 is 0 Å². The summed E-state index contributed by atoms with van der Waals surface area (Å²) < 4.78 is 11.9. The molecule has 100 valence electrons. The van der Waals surface area contributed by atoms with Gasteiger partial charge in [0, 0.05) is 25.7 Å². The van der Waals surface area contributed by atoms with Crippen molar-refractivity contribution < 1.29 is 9.47 Å². The Morgan fingerprint density at radius 2 is 2.17 bits per heavy atom. The fourth-order valence-corrected chi connectivity index (χ4v) is 2.37. The van der Waals surface area contributed by atoms with Gasteiger partial charge in [-0.05, 0) is 41.1 Å². The highest BCUT2D eigenvalue weighted by Gasteiger charge is 2.15. The van der Waals surface area contributed by atoms with Crippen LogP contribution in [0, 0.1) is 5.92 Å². The number of hydrogen-bond acceptors (Lipinski definition) is 4. The molecule has 0 bridgehead atoms. The van der Waals surface area contributed by atoms with Gasteiger partial charge in [-0.3, -0.25) is 0 Å². The van der Waals surface area contributed by atoms with Gasteiger partial charge in [0.05, 0.1) is 6.61 Å². The molecule has 4 nitrogen and oxygen atoms in total. The van der Waals surface area contributed by atoms with Crippen LogP contribution >= 0.6 is 15.9 Å². The Labute approximate surface area is 116 Å². The fourth-order valence-electron chi connectivity index (χ4n) is 1.97. The van der Waals surface area contributed by atoms with Gasteiger partial charge in [0.25, 0.3) is 0 Å². The maximum absolute atomic E-state index is 5.78. The molecule has 0 atom stereocenters. The first-order valence-electron chi connectivity index (χ1n) is 6.52. The second kappa shape index (κ2) is 7.04. The summed E-state index contributed by atoms with van der Waals surface area (Å²) in [5.74, 6) is 2.10. The largest absolute Gasteiger partial charge is 0.477 e. The molecule has 0 amide bonds. The number of aromatic nitrogens is 2. The third-order valence-electron chi connectivity index (χ3n) is 3.00. The molecule has 1 saturated heterocycles. The van der Waals surface area contributed by atoms with Crippen molar-refractivity contribution in [2.24, 2.45) is 5.92 Å². The average molecular weight is 315 g/mol. The summed E-state index contributed by atoms with van der Waals surface area (Å²) in [6, 6.07) is 1.83. The molecule has 1 fully saturated rings. The molecule has 1 aliphatic heterocycles. The summed E-state index contributed by atoms with van der Waals surface area (Å²) >= 11 is 3.40. The van der Waals surface area contributed by atoms with Crippen molar-refractivity contribution >= 4 is 15.9 Å². The molecule has 18 heavy (non-hydrogen) atoms. The number of aryl methyl sites for hydroxylation is 1. The van der Waals surface area contributed by atoms with Crippen LogP contribution in [0.4, 0.5) is 0 Å². The number of ether oxygens (including phenoxy) is 2. The average Bonchev–Trinajstić information content (AvgIpc) is 2.37. The summed E-state index contributed by atoms with van der Waals surface area (Å²) in [6.07, 6.45) is 4.07. The molecular weight excluding hydrogens is 296 g/mol. The lowest BCUT2D eigenvalue weighted by Gasteiger charge is -2.21. The van der Waals surface area contributed by atoms with Gasteiger partial charge in [0.1, 0.15) is 10.4 Å². The standard InChI is InChI=1S/C13H19BrN2O2/c1-2-3-12-15-11(14)8-13(16-12)18-9-10-4-6-17-7-5-10/h8,10H,2-7,9H2,1H3. The molecule has 0 spiro atoms. The van der Waals surface area contributed by atoms with Crippen LogP contribution in [0.15, 0.2) is 10.7 Å². The zero-order valence-electron chi connectivity index (χ0n) is 10.7. The summed E-state index contributed by atoms with van der Waals surface area (Å²) in [6.45, 7) is 4.54. The Hall–Kier alpha value is -0.680. The molecule has 2 rings (SSSR count). The van der Waals surface area contributed by atoms with E-state index in [-0.39, 0.29) is 0 Å². The highest BCUT2D eigenvalue weighted by Crippen LogP contribution is 2.19. The molecule has 1 aromatic heterocycles. The van der Waals surface area contributed by atoms with Crippen LogP contribution in [0.2, 0.25) is 0 Å². The Kier molecular flexibility index (Phi) is 5.38. The van der Waals surface area contributed by atoms with E-state index in [1.54, 1.807) is 0 Å².